The molecular weight excluding hydrogens is 360 g/mol. The lowest BCUT2D eigenvalue weighted by Crippen LogP contribution is -2.30. The SMILES string of the molecule is COc1ccc(/C=C2\NC(=S)N(c3ccc(Cl)c(OC)c3)C2=O)cc1. The molecule has 0 atom stereocenters. The van der Waals surface area contributed by atoms with Gasteiger partial charge in [-0.25, -0.2) is 0 Å². The Bertz CT molecular complexity index is 865. The minimum absolute atomic E-state index is 0.245. The van der Waals surface area contributed by atoms with Crippen LogP contribution >= 0.6 is 23.8 Å². The highest BCUT2D eigenvalue weighted by molar-refractivity contribution is 7.80. The van der Waals surface area contributed by atoms with Crippen LogP contribution in [0.5, 0.6) is 11.5 Å². The van der Waals surface area contributed by atoms with E-state index in [2.05, 4.69) is 5.32 Å². The lowest BCUT2D eigenvalue weighted by molar-refractivity contribution is -0.113. The number of thiocarbonyl (C=S) groups is 1. The van der Waals surface area contributed by atoms with Crippen LogP contribution in [0.3, 0.4) is 0 Å². The molecule has 128 valence electrons. The van der Waals surface area contributed by atoms with Crippen LogP contribution in [0.2, 0.25) is 5.02 Å². The molecule has 1 N–H and O–H groups in total. The summed E-state index contributed by atoms with van der Waals surface area (Å²) >= 11 is 11.3. The van der Waals surface area contributed by atoms with Gasteiger partial charge in [0.1, 0.15) is 17.2 Å². The molecule has 1 aliphatic heterocycles. The van der Waals surface area contributed by atoms with Crippen molar-refractivity contribution in [1.82, 2.24) is 5.32 Å². The van der Waals surface area contributed by atoms with Gasteiger partial charge in [-0.15, -0.1) is 0 Å². The van der Waals surface area contributed by atoms with Crippen molar-refractivity contribution in [2.45, 2.75) is 0 Å². The van der Waals surface area contributed by atoms with E-state index < -0.39 is 0 Å². The predicted molar refractivity (Wildman–Crippen MR) is 102 cm³/mol. The van der Waals surface area contributed by atoms with Gasteiger partial charge in [-0.05, 0) is 48.1 Å². The van der Waals surface area contributed by atoms with Crippen LogP contribution in [0.25, 0.3) is 6.08 Å². The fraction of sp³-hybridized carbons (Fsp3) is 0.111. The number of carbonyl (C=O) groups excluding carboxylic acids is 1. The molecule has 0 unspecified atom stereocenters. The first kappa shape index (κ1) is 17.3. The molecule has 25 heavy (non-hydrogen) atoms. The molecule has 1 amide bonds. The zero-order valence-electron chi connectivity index (χ0n) is 13.6. The molecule has 1 aliphatic rings. The van der Waals surface area contributed by atoms with Crippen LogP contribution in [-0.4, -0.2) is 25.2 Å². The van der Waals surface area contributed by atoms with Crippen molar-refractivity contribution >= 4 is 46.6 Å². The fourth-order valence-electron chi connectivity index (χ4n) is 2.42. The van der Waals surface area contributed by atoms with Crippen LogP contribution < -0.4 is 19.7 Å². The van der Waals surface area contributed by atoms with Crippen LogP contribution in [-0.2, 0) is 4.79 Å². The van der Waals surface area contributed by atoms with E-state index in [1.165, 1.54) is 12.0 Å². The second kappa shape index (κ2) is 7.13. The third-order valence-electron chi connectivity index (χ3n) is 3.70. The molecule has 2 aromatic rings. The molecule has 0 saturated carbocycles. The van der Waals surface area contributed by atoms with Gasteiger partial charge in [-0.1, -0.05) is 23.7 Å². The number of rotatable bonds is 4. The molecule has 1 fully saturated rings. The second-order valence-corrected chi connectivity index (χ2v) is 6.01. The van der Waals surface area contributed by atoms with Gasteiger partial charge in [-0.3, -0.25) is 9.69 Å². The average Bonchev–Trinajstić information content (AvgIpc) is 2.90. The van der Waals surface area contributed by atoms with Gasteiger partial charge in [-0.2, -0.15) is 0 Å². The Kier molecular flexibility index (Phi) is 4.92. The van der Waals surface area contributed by atoms with Crippen LogP contribution in [0.4, 0.5) is 5.69 Å². The smallest absolute Gasteiger partial charge is 0.281 e. The van der Waals surface area contributed by atoms with E-state index in [4.69, 9.17) is 33.3 Å². The van der Waals surface area contributed by atoms with Crippen LogP contribution in [0.15, 0.2) is 48.2 Å². The number of hydrogen-bond donors (Lipinski definition) is 1. The molecule has 0 aromatic heterocycles. The number of nitrogens with zero attached hydrogens (tertiary/aromatic N) is 1. The maximum atomic E-state index is 12.7. The van der Waals surface area contributed by atoms with E-state index in [-0.39, 0.29) is 5.91 Å². The number of ether oxygens (including phenoxy) is 2. The van der Waals surface area contributed by atoms with Gasteiger partial charge >= 0.3 is 0 Å². The van der Waals surface area contributed by atoms with Gasteiger partial charge < -0.3 is 14.8 Å². The highest BCUT2D eigenvalue weighted by atomic mass is 35.5. The number of nitrogens with one attached hydrogen (secondary N) is 1. The van der Waals surface area contributed by atoms with E-state index in [0.717, 1.165) is 11.3 Å². The molecule has 7 heteroatoms. The van der Waals surface area contributed by atoms with E-state index in [9.17, 15) is 4.79 Å². The molecule has 1 heterocycles. The number of carbonyl (C=O) groups is 1. The lowest BCUT2D eigenvalue weighted by atomic mass is 10.2. The molecule has 0 radical (unpaired) electrons. The normalized spacial score (nSPS) is 15.5. The summed E-state index contributed by atoms with van der Waals surface area (Å²) in [7, 11) is 3.12. The Morgan fingerprint density at radius 3 is 2.48 bits per heavy atom. The van der Waals surface area contributed by atoms with Crippen molar-refractivity contribution in [1.29, 1.82) is 0 Å². The highest BCUT2D eigenvalue weighted by Crippen LogP contribution is 2.31. The summed E-state index contributed by atoms with van der Waals surface area (Å²) in [5.74, 6) is 0.978. The minimum Gasteiger partial charge on any atom is -0.497 e. The van der Waals surface area contributed by atoms with Crippen molar-refractivity contribution in [3.63, 3.8) is 0 Å². The molecule has 5 nitrogen and oxygen atoms in total. The van der Waals surface area contributed by atoms with Crippen molar-refractivity contribution in [2.24, 2.45) is 0 Å². The number of methoxy groups -OCH3 is 2. The summed E-state index contributed by atoms with van der Waals surface area (Å²) in [6.07, 6.45) is 1.74. The number of benzene rings is 2. The summed E-state index contributed by atoms with van der Waals surface area (Å²) in [6.45, 7) is 0. The van der Waals surface area contributed by atoms with Gasteiger partial charge in [0.05, 0.1) is 24.9 Å². The first-order chi connectivity index (χ1) is 12.0. The van der Waals surface area contributed by atoms with Gasteiger partial charge in [0.15, 0.2) is 5.11 Å². The number of halogens is 1. The van der Waals surface area contributed by atoms with Crippen molar-refractivity contribution in [3.8, 4) is 11.5 Å². The fourth-order valence-corrected chi connectivity index (χ4v) is 2.92. The van der Waals surface area contributed by atoms with E-state index >= 15 is 0 Å². The average molecular weight is 375 g/mol. The summed E-state index contributed by atoms with van der Waals surface area (Å²) in [5.41, 5.74) is 1.83. The first-order valence-electron chi connectivity index (χ1n) is 7.38. The summed E-state index contributed by atoms with van der Waals surface area (Å²) in [6, 6.07) is 12.4. The third-order valence-corrected chi connectivity index (χ3v) is 4.29. The summed E-state index contributed by atoms with van der Waals surface area (Å²) in [5, 5.41) is 3.71. The summed E-state index contributed by atoms with van der Waals surface area (Å²) < 4.78 is 10.3. The maximum Gasteiger partial charge on any atom is 0.281 e. The molecule has 3 rings (SSSR count). The Morgan fingerprint density at radius 1 is 1.12 bits per heavy atom. The zero-order chi connectivity index (χ0) is 18.0. The van der Waals surface area contributed by atoms with Gasteiger partial charge in [0.25, 0.3) is 5.91 Å². The van der Waals surface area contributed by atoms with Crippen molar-refractivity contribution in [3.05, 3.63) is 58.7 Å². The number of anilines is 1. The Morgan fingerprint density at radius 2 is 1.84 bits per heavy atom. The molecule has 1 saturated heterocycles. The van der Waals surface area contributed by atoms with Crippen molar-refractivity contribution in [2.75, 3.05) is 19.1 Å². The molecule has 0 bridgehead atoms. The van der Waals surface area contributed by atoms with Crippen LogP contribution in [0, 0.1) is 0 Å². The predicted octanol–water partition coefficient (Wildman–Crippen LogP) is 3.62. The quantitative estimate of drug-likeness (QED) is 0.654. The number of amides is 1. The number of hydrogen-bond acceptors (Lipinski definition) is 4. The lowest BCUT2D eigenvalue weighted by Gasteiger charge is -2.15. The first-order valence-corrected chi connectivity index (χ1v) is 8.17. The van der Waals surface area contributed by atoms with Gasteiger partial charge in [0, 0.05) is 6.07 Å². The largest absolute Gasteiger partial charge is 0.497 e. The zero-order valence-corrected chi connectivity index (χ0v) is 15.1. The Balaban J connectivity index is 1.90. The highest BCUT2D eigenvalue weighted by Gasteiger charge is 2.32. The second-order valence-electron chi connectivity index (χ2n) is 5.22. The monoisotopic (exact) mass is 374 g/mol. The van der Waals surface area contributed by atoms with E-state index in [1.54, 1.807) is 31.4 Å². The standard InChI is InChI=1S/C18H15ClN2O3S/c1-23-13-6-3-11(4-7-13)9-15-17(22)21(18(25)20-15)12-5-8-14(19)16(10-12)24-2/h3-10H,1-2H3,(H,20,25)/b15-9-. The van der Waals surface area contributed by atoms with Crippen molar-refractivity contribution < 1.29 is 14.3 Å². The maximum absolute atomic E-state index is 12.7. The van der Waals surface area contributed by atoms with Gasteiger partial charge in [0.2, 0.25) is 0 Å². The van der Waals surface area contributed by atoms with Crippen LogP contribution in [0.1, 0.15) is 5.56 Å². The Hall–Kier alpha value is -2.57. The third kappa shape index (κ3) is 3.45. The topological polar surface area (TPSA) is 50.8 Å². The Labute approximate surface area is 155 Å². The molecular formula is C18H15ClN2O3S. The van der Waals surface area contributed by atoms with E-state index in [1.807, 2.05) is 24.3 Å². The molecule has 2 aromatic carbocycles. The van der Waals surface area contributed by atoms with E-state index in [0.29, 0.717) is 27.3 Å². The molecule has 0 aliphatic carbocycles. The summed E-state index contributed by atoms with van der Waals surface area (Å²) in [4.78, 5) is 14.1. The molecule has 0 spiro atoms. The minimum atomic E-state index is -0.245.